The van der Waals surface area contributed by atoms with Crippen LogP contribution in [0.15, 0.2) is 54.6 Å². The number of benzene rings is 2. The Labute approximate surface area is 181 Å². The molecule has 1 atom stereocenters. The molecule has 1 saturated heterocycles. The summed E-state index contributed by atoms with van der Waals surface area (Å²) in [7, 11) is 1.65. The van der Waals surface area contributed by atoms with Crippen molar-refractivity contribution in [1.82, 2.24) is 25.2 Å². The van der Waals surface area contributed by atoms with Gasteiger partial charge in [0.05, 0.1) is 37.7 Å². The fourth-order valence-electron chi connectivity index (χ4n) is 3.71. The Balaban J connectivity index is 1.50. The average molecular weight is 422 g/mol. The van der Waals surface area contributed by atoms with Gasteiger partial charge < -0.3 is 14.8 Å². The number of para-hydroxylation sites is 1. The van der Waals surface area contributed by atoms with Gasteiger partial charge in [-0.1, -0.05) is 30.3 Å². The van der Waals surface area contributed by atoms with Crippen molar-refractivity contribution in [1.29, 1.82) is 0 Å². The summed E-state index contributed by atoms with van der Waals surface area (Å²) < 4.78 is 10.8. The molecule has 3 aromatic rings. The Bertz CT molecular complexity index is 998. The SMILES string of the molecule is COc1ccc([C@H](CNC(=O)c2nn(-c3ccccc3)nc2C)N2CCOCC2)cc1. The minimum atomic E-state index is -0.230. The van der Waals surface area contributed by atoms with E-state index in [2.05, 4.69) is 20.4 Å². The number of rotatable bonds is 7. The van der Waals surface area contributed by atoms with Crippen LogP contribution in [-0.4, -0.2) is 65.8 Å². The Hall–Kier alpha value is -3.23. The Kier molecular flexibility index (Phi) is 6.59. The highest BCUT2D eigenvalue weighted by Gasteiger charge is 2.25. The van der Waals surface area contributed by atoms with Crippen molar-refractivity contribution in [3.8, 4) is 11.4 Å². The fourth-order valence-corrected chi connectivity index (χ4v) is 3.71. The molecule has 2 heterocycles. The molecular weight excluding hydrogens is 394 g/mol. The first-order valence-corrected chi connectivity index (χ1v) is 10.4. The second kappa shape index (κ2) is 9.72. The van der Waals surface area contributed by atoms with Crippen LogP contribution in [0.5, 0.6) is 5.75 Å². The molecule has 1 amide bonds. The summed E-state index contributed by atoms with van der Waals surface area (Å²) in [5.41, 5.74) is 2.86. The van der Waals surface area contributed by atoms with Gasteiger partial charge in [-0.3, -0.25) is 9.69 Å². The third-order valence-electron chi connectivity index (χ3n) is 5.43. The van der Waals surface area contributed by atoms with E-state index in [1.54, 1.807) is 14.0 Å². The molecule has 0 radical (unpaired) electrons. The van der Waals surface area contributed by atoms with Crippen LogP contribution in [-0.2, 0) is 4.74 Å². The van der Waals surface area contributed by atoms with Crippen molar-refractivity contribution >= 4 is 5.91 Å². The molecule has 0 spiro atoms. The van der Waals surface area contributed by atoms with E-state index in [0.717, 1.165) is 30.1 Å². The summed E-state index contributed by atoms with van der Waals surface area (Å²) in [6, 6.07) is 17.6. The first-order chi connectivity index (χ1) is 15.2. The Morgan fingerprint density at radius 1 is 1.10 bits per heavy atom. The molecule has 1 N–H and O–H groups in total. The van der Waals surface area contributed by atoms with Crippen LogP contribution in [0.1, 0.15) is 27.8 Å². The second-order valence-corrected chi connectivity index (χ2v) is 7.41. The van der Waals surface area contributed by atoms with E-state index in [0.29, 0.717) is 31.1 Å². The molecule has 1 aliphatic heterocycles. The van der Waals surface area contributed by atoms with Gasteiger partial charge in [-0.05, 0) is 36.8 Å². The lowest BCUT2D eigenvalue weighted by molar-refractivity contribution is 0.0162. The van der Waals surface area contributed by atoms with E-state index >= 15 is 0 Å². The maximum Gasteiger partial charge on any atom is 0.273 e. The van der Waals surface area contributed by atoms with Crippen molar-refractivity contribution in [3.63, 3.8) is 0 Å². The van der Waals surface area contributed by atoms with Crippen molar-refractivity contribution in [2.45, 2.75) is 13.0 Å². The number of morpholine rings is 1. The summed E-state index contributed by atoms with van der Waals surface area (Å²) >= 11 is 0. The number of carbonyl (C=O) groups excluding carboxylic acids is 1. The zero-order chi connectivity index (χ0) is 21.6. The van der Waals surface area contributed by atoms with Crippen molar-refractivity contribution < 1.29 is 14.3 Å². The Morgan fingerprint density at radius 3 is 2.48 bits per heavy atom. The number of methoxy groups -OCH3 is 1. The summed E-state index contributed by atoms with van der Waals surface area (Å²) in [5.74, 6) is 0.577. The van der Waals surface area contributed by atoms with E-state index in [9.17, 15) is 4.79 Å². The summed E-state index contributed by atoms with van der Waals surface area (Å²) in [5, 5.41) is 11.9. The number of amides is 1. The lowest BCUT2D eigenvalue weighted by Gasteiger charge is -2.35. The maximum atomic E-state index is 12.9. The number of ether oxygens (including phenoxy) is 2. The highest BCUT2D eigenvalue weighted by molar-refractivity contribution is 5.93. The molecule has 0 bridgehead atoms. The predicted octanol–water partition coefficient (Wildman–Crippen LogP) is 2.39. The van der Waals surface area contributed by atoms with Gasteiger partial charge in [-0.2, -0.15) is 9.90 Å². The summed E-state index contributed by atoms with van der Waals surface area (Å²) in [4.78, 5) is 16.8. The number of hydrogen-bond acceptors (Lipinski definition) is 6. The molecule has 0 unspecified atom stereocenters. The maximum absolute atomic E-state index is 12.9. The molecule has 8 nitrogen and oxygen atoms in total. The van der Waals surface area contributed by atoms with Gasteiger partial charge in [0, 0.05) is 19.6 Å². The van der Waals surface area contributed by atoms with Gasteiger partial charge in [-0.25, -0.2) is 0 Å². The van der Waals surface area contributed by atoms with Gasteiger partial charge in [0.25, 0.3) is 5.91 Å². The van der Waals surface area contributed by atoms with E-state index in [1.807, 2.05) is 54.6 Å². The molecule has 162 valence electrons. The zero-order valence-corrected chi connectivity index (χ0v) is 17.8. The largest absolute Gasteiger partial charge is 0.497 e. The number of nitrogens with zero attached hydrogens (tertiary/aromatic N) is 4. The molecule has 1 fully saturated rings. The minimum Gasteiger partial charge on any atom is -0.497 e. The number of aryl methyl sites for hydroxylation is 1. The fraction of sp³-hybridized carbons (Fsp3) is 0.348. The summed E-state index contributed by atoms with van der Waals surface area (Å²) in [6.45, 7) is 5.26. The number of carbonyl (C=O) groups is 1. The highest BCUT2D eigenvalue weighted by Crippen LogP contribution is 2.24. The van der Waals surface area contributed by atoms with Gasteiger partial charge in [-0.15, -0.1) is 5.10 Å². The van der Waals surface area contributed by atoms with Gasteiger partial charge in [0.15, 0.2) is 5.69 Å². The first-order valence-electron chi connectivity index (χ1n) is 10.4. The average Bonchev–Trinajstić information content (AvgIpc) is 3.22. The van der Waals surface area contributed by atoms with Crippen LogP contribution >= 0.6 is 0 Å². The third-order valence-corrected chi connectivity index (χ3v) is 5.43. The van der Waals surface area contributed by atoms with Crippen LogP contribution in [0.25, 0.3) is 5.69 Å². The highest BCUT2D eigenvalue weighted by atomic mass is 16.5. The van der Waals surface area contributed by atoms with Crippen LogP contribution in [0.3, 0.4) is 0 Å². The number of aromatic nitrogens is 3. The van der Waals surface area contributed by atoms with Crippen molar-refractivity contribution in [3.05, 3.63) is 71.5 Å². The normalized spacial score (nSPS) is 15.4. The van der Waals surface area contributed by atoms with Crippen molar-refractivity contribution in [2.24, 2.45) is 0 Å². The van der Waals surface area contributed by atoms with Crippen LogP contribution < -0.4 is 10.1 Å². The third kappa shape index (κ3) is 4.92. The first kappa shape index (κ1) is 21.0. The predicted molar refractivity (Wildman–Crippen MR) is 117 cm³/mol. The molecule has 1 aromatic heterocycles. The lowest BCUT2D eigenvalue weighted by atomic mass is 10.0. The molecule has 0 aliphatic carbocycles. The van der Waals surface area contributed by atoms with E-state index < -0.39 is 0 Å². The molecule has 4 rings (SSSR count). The monoisotopic (exact) mass is 421 g/mol. The topological polar surface area (TPSA) is 81.5 Å². The van der Waals surface area contributed by atoms with E-state index in [1.165, 1.54) is 4.80 Å². The Morgan fingerprint density at radius 2 is 1.81 bits per heavy atom. The molecule has 31 heavy (non-hydrogen) atoms. The van der Waals surface area contributed by atoms with Crippen LogP contribution in [0.4, 0.5) is 0 Å². The standard InChI is InChI=1S/C23H27N5O3/c1-17-22(26-28(25-17)19-6-4-3-5-7-19)23(29)24-16-21(27-12-14-31-15-13-27)18-8-10-20(30-2)11-9-18/h3-11,21H,12-16H2,1-2H3,(H,24,29)/t21-/m0/s1. The van der Waals surface area contributed by atoms with E-state index in [-0.39, 0.29) is 11.9 Å². The molecule has 2 aromatic carbocycles. The molecule has 1 aliphatic rings. The molecule has 0 saturated carbocycles. The zero-order valence-electron chi connectivity index (χ0n) is 17.8. The number of hydrogen-bond donors (Lipinski definition) is 1. The minimum absolute atomic E-state index is 0.0308. The molecular formula is C23H27N5O3. The lowest BCUT2D eigenvalue weighted by Crippen LogP contribution is -2.44. The van der Waals surface area contributed by atoms with Crippen LogP contribution in [0.2, 0.25) is 0 Å². The summed E-state index contributed by atoms with van der Waals surface area (Å²) in [6.07, 6.45) is 0. The number of nitrogens with one attached hydrogen (secondary N) is 1. The molecule has 8 heteroatoms. The second-order valence-electron chi connectivity index (χ2n) is 7.41. The smallest absolute Gasteiger partial charge is 0.273 e. The van der Waals surface area contributed by atoms with Crippen molar-refractivity contribution in [2.75, 3.05) is 40.0 Å². The van der Waals surface area contributed by atoms with Gasteiger partial charge in [0.1, 0.15) is 5.75 Å². The van der Waals surface area contributed by atoms with Gasteiger partial charge >= 0.3 is 0 Å². The quantitative estimate of drug-likeness (QED) is 0.631. The van der Waals surface area contributed by atoms with E-state index in [4.69, 9.17) is 9.47 Å². The van der Waals surface area contributed by atoms with Crippen LogP contribution in [0, 0.1) is 6.92 Å². The van der Waals surface area contributed by atoms with Gasteiger partial charge in [0.2, 0.25) is 0 Å².